The van der Waals surface area contributed by atoms with Crippen LogP contribution in [0.4, 0.5) is 23.7 Å². The summed E-state index contributed by atoms with van der Waals surface area (Å²) in [5.41, 5.74) is -2.14. The number of amides is 2. The Kier molecular flexibility index (Phi) is 5.17. The molecule has 1 aromatic rings. The van der Waals surface area contributed by atoms with Gasteiger partial charge in [0.1, 0.15) is 5.54 Å². The zero-order chi connectivity index (χ0) is 16.2. The first kappa shape index (κ1) is 16.8. The second-order valence-corrected chi connectivity index (χ2v) is 4.69. The minimum absolute atomic E-state index is 0.149. The summed E-state index contributed by atoms with van der Waals surface area (Å²) in [6.07, 6.45) is 0.638. The normalized spacial score (nSPS) is 13.4. The average Bonchev–Trinajstić information content (AvgIpc) is 2.39. The molecule has 8 heteroatoms. The third kappa shape index (κ3) is 3.87. The van der Waals surface area contributed by atoms with Crippen molar-refractivity contribution in [1.82, 2.24) is 5.32 Å². The van der Waals surface area contributed by atoms with Gasteiger partial charge in [-0.25, -0.2) is 22.8 Å². The van der Waals surface area contributed by atoms with Crippen LogP contribution in [0.15, 0.2) is 12.1 Å². The molecule has 0 aliphatic heterocycles. The maximum absolute atomic E-state index is 13.4. The molecular formula is C13H15F3N2O3. The lowest BCUT2D eigenvalue weighted by atomic mass is 9.97. The lowest BCUT2D eigenvalue weighted by Gasteiger charge is -2.25. The number of hydrogen-bond donors (Lipinski definition) is 3. The van der Waals surface area contributed by atoms with Crippen LogP contribution in [0, 0.1) is 17.5 Å². The number of hydrogen-bond acceptors (Lipinski definition) is 2. The summed E-state index contributed by atoms with van der Waals surface area (Å²) >= 11 is 0. The molecule has 1 rings (SSSR count). The highest BCUT2D eigenvalue weighted by atomic mass is 19.2. The number of carboxylic acids is 1. The van der Waals surface area contributed by atoms with Crippen LogP contribution in [0.5, 0.6) is 0 Å². The highest BCUT2D eigenvalue weighted by molar-refractivity contribution is 5.93. The van der Waals surface area contributed by atoms with Crippen LogP contribution < -0.4 is 10.6 Å². The van der Waals surface area contributed by atoms with Gasteiger partial charge in [-0.1, -0.05) is 13.3 Å². The summed E-state index contributed by atoms with van der Waals surface area (Å²) in [5.74, 6) is -5.93. The monoisotopic (exact) mass is 304 g/mol. The highest BCUT2D eigenvalue weighted by Gasteiger charge is 2.34. The Bertz CT molecular complexity index is 566. The van der Waals surface area contributed by atoms with Crippen molar-refractivity contribution in [2.75, 3.05) is 5.32 Å². The van der Waals surface area contributed by atoms with Crippen molar-refractivity contribution in [1.29, 1.82) is 0 Å². The number of benzene rings is 1. The van der Waals surface area contributed by atoms with Gasteiger partial charge in [-0.05, 0) is 25.5 Å². The van der Waals surface area contributed by atoms with E-state index in [1.54, 1.807) is 6.92 Å². The number of carbonyl (C=O) groups excluding carboxylic acids is 1. The van der Waals surface area contributed by atoms with Gasteiger partial charge < -0.3 is 15.7 Å². The van der Waals surface area contributed by atoms with E-state index in [1.807, 2.05) is 5.32 Å². The molecule has 21 heavy (non-hydrogen) atoms. The third-order valence-electron chi connectivity index (χ3n) is 2.89. The SMILES string of the molecule is CCCC(C)(NC(=O)Nc1ccc(F)c(F)c1F)C(=O)O. The second-order valence-electron chi connectivity index (χ2n) is 4.69. The van der Waals surface area contributed by atoms with Crippen molar-refractivity contribution in [3.63, 3.8) is 0 Å². The number of urea groups is 1. The van der Waals surface area contributed by atoms with Crippen LogP contribution in [0.2, 0.25) is 0 Å². The maximum Gasteiger partial charge on any atom is 0.329 e. The molecule has 3 N–H and O–H groups in total. The third-order valence-corrected chi connectivity index (χ3v) is 2.89. The molecule has 0 aliphatic carbocycles. The summed E-state index contributed by atoms with van der Waals surface area (Å²) in [6.45, 7) is 3.02. The first-order chi connectivity index (χ1) is 9.71. The molecule has 0 saturated carbocycles. The average molecular weight is 304 g/mol. The fourth-order valence-electron chi connectivity index (χ4n) is 1.75. The van der Waals surface area contributed by atoms with E-state index in [0.29, 0.717) is 12.5 Å². The number of halogens is 3. The van der Waals surface area contributed by atoms with Gasteiger partial charge in [0, 0.05) is 0 Å². The van der Waals surface area contributed by atoms with Crippen LogP contribution in [-0.4, -0.2) is 22.6 Å². The Hall–Kier alpha value is -2.25. The van der Waals surface area contributed by atoms with Gasteiger partial charge in [0.05, 0.1) is 5.69 Å². The van der Waals surface area contributed by atoms with Gasteiger partial charge in [-0.3, -0.25) is 0 Å². The lowest BCUT2D eigenvalue weighted by Crippen LogP contribution is -2.53. The smallest absolute Gasteiger partial charge is 0.329 e. The van der Waals surface area contributed by atoms with E-state index in [1.165, 1.54) is 6.92 Å². The number of nitrogens with one attached hydrogen (secondary N) is 2. The zero-order valence-corrected chi connectivity index (χ0v) is 11.5. The molecule has 0 fully saturated rings. The summed E-state index contributed by atoms with van der Waals surface area (Å²) in [4.78, 5) is 22.8. The lowest BCUT2D eigenvalue weighted by molar-refractivity contribution is -0.143. The minimum atomic E-state index is -1.72. The van der Waals surface area contributed by atoms with Crippen molar-refractivity contribution in [3.8, 4) is 0 Å². The van der Waals surface area contributed by atoms with Gasteiger partial charge in [0.2, 0.25) is 0 Å². The van der Waals surface area contributed by atoms with Crippen molar-refractivity contribution in [3.05, 3.63) is 29.6 Å². The Morgan fingerprint density at radius 1 is 1.24 bits per heavy atom. The van der Waals surface area contributed by atoms with E-state index in [2.05, 4.69) is 5.32 Å². The van der Waals surface area contributed by atoms with E-state index in [-0.39, 0.29) is 6.42 Å². The van der Waals surface area contributed by atoms with Gasteiger partial charge in [0.25, 0.3) is 0 Å². The van der Waals surface area contributed by atoms with Crippen LogP contribution in [0.3, 0.4) is 0 Å². The van der Waals surface area contributed by atoms with Crippen molar-refractivity contribution in [2.24, 2.45) is 0 Å². The Morgan fingerprint density at radius 2 is 1.86 bits per heavy atom. The van der Waals surface area contributed by atoms with Crippen LogP contribution in [-0.2, 0) is 4.79 Å². The first-order valence-electron chi connectivity index (χ1n) is 6.17. The number of carboxylic acid groups (broad SMARTS) is 1. The van der Waals surface area contributed by atoms with Crippen molar-refractivity contribution < 1.29 is 27.9 Å². The van der Waals surface area contributed by atoms with Gasteiger partial charge in [-0.2, -0.15) is 0 Å². The molecule has 0 saturated heterocycles. The Balaban J connectivity index is 2.87. The van der Waals surface area contributed by atoms with Gasteiger partial charge >= 0.3 is 12.0 Å². The molecule has 1 unspecified atom stereocenters. The van der Waals surface area contributed by atoms with E-state index < -0.39 is 40.7 Å². The van der Waals surface area contributed by atoms with E-state index in [4.69, 9.17) is 5.11 Å². The number of rotatable bonds is 5. The second kappa shape index (κ2) is 6.47. The van der Waals surface area contributed by atoms with Gasteiger partial charge in [-0.15, -0.1) is 0 Å². The van der Waals surface area contributed by atoms with Gasteiger partial charge in [0.15, 0.2) is 17.5 Å². The maximum atomic E-state index is 13.4. The molecule has 1 aromatic carbocycles. The summed E-state index contributed by atoms with van der Waals surface area (Å²) in [6, 6.07) is 0.458. The predicted molar refractivity (Wildman–Crippen MR) is 69.4 cm³/mol. The first-order valence-corrected chi connectivity index (χ1v) is 6.17. The van der Waals surface area contributed by atoms with E-state index >= 15 is 0 Å². The highest BCUT2D eigenvalue weighted by Crippen LogP contribution is 2.20. The van der Waals surface area contributed by atoms with Crippen molar-refractivity contribution in [2.45, 2.75) is 32.2 Å². The molecule has 1 atom stereocenters. The summed E-state index contributed by atoms with van der Waals surface area (Å²) < 4.78 is 39.2. The zero-order valence-electron chi connectivity index (χ0n) is 11.5. The number of aliphatic carboxylic acids is 1. The molecule has 0 aliphatic rings. The van der Waals surface area contributed by atoms with Crippen LogP contribution >= 0.6 is 0 Å². The van der Waals surface area contributed by atoms with Crippen LogP contribution in [0.25, 0.3) is 0 Å². The molecule has 0 heterocycles. The number of anilines is 1. The molecule has 0 aromatic heterocycles. The molecule has 0 bridgehead atoms. The fourth-order valence-corrected chi connectivity index (χ4v) is 1.75. The van der Waals surface area contributed by atoms with Crippen LogP contribution in [0.1, 0.15) is 26.7 Å². The molecule has 0 radical (unpaired) electrons. The molecular weight excluding hydrogens is 289 g/mol. The molecule has 5 nitrogen and oxygen atoms in total. The Morgan fingerprint density at radius 3 is 2.38 bits per heavy atom. The molecule has 116 valence electrons. The molecule has 2 amide bonds. The molecule has 0 spiro atoms. The van der Waals surface area contributed by atoms with E-state index in [9.17, 15) is 22.8 Å². The Labute approximate surface area is 119 Å². The largest absolute Gasteiger partial charge is 0.480 e. The fraction of sp³-hybridized carbons (Fsp3) is 0.385. The van der Waals surface area contributed by atoms with E-state index in [0.717, 1.165) is 6.07 Å². The number of carbonyl (C=O) groups is 2. The summed E-state index contributed by atoms with van der Waals surface area (Å²) in [7, 11) is 0. The predicted octanol–water partition coefficient (Wildman–Crippen LogP) is 2.87. The summed E-state index contributed by atoms with van der Waals surface area (Å²) in [5, 5.41) is 13.2. The topological polar surface area (TPSA) is 78.4 Å². The van der Waals surface area contributed by atoms with Crippen molar-refractivity contribution >= 4 is 17.7 Å². The standard InChI is InChI=1S/C13H15F3N2O3/c1-3-6-13(2,11(19)20)18-12(21)17-8-5-4-7(14)9(15)10(8)16/h4-5H,3,6H2,1-2H3,(H,19,20)(H2,17,18,21). The minimum Gasteiger partial charge on any atom is -0.480 e. The quantitative estimate of drug-likeness (QED) is 0.732.